The van der Waals surface area contributed by atoms with Crippen molar-refractivity contribution in [3.63, 3.8) is 0 Å². The summed E-state index contributed by atoms with van der Waals surface area (Å²) in [4.78, 5) is 0. The largest absolute Gasteiger partial charge is 0.364 e. The molecule has 0 bridgehead atoms. The van der Waals surface area contributed by atoms with E-state index in [1.807, 2.05) is 6.07 Å². The standard InChI is InChI=1S/C13H15ClFN3/c1-13(2,3)16-12-7-11(17-18-12)8-4-5-10(15)9(14)6-8/h4-7H,1-3H3,(H2,16,17,18). The van der Waals surface area contributed by atoms with Gasteiger partial charge >= 0.3 is 0 Å². The fourth-order valence-corrected chi connectivity index (χ4v) is 1.76. The number of rotatable bonds is 2. The summed E-state index contributed by atoms with van der Waals surface area (Å²) >= 11 is 5.75. The van der Waals surface area contributed by atoms with Gasteiger partial charge in [0.2, 0.25) is 0 Å². The van der Waals surface area contributed by atoms with Gasteiger partial charge in [0.15, 0.2) is 0 Å². The zero-order valence-corrected chi connectivity index (χ0v) is 11.3. The Morgan fingerprint density at radius 1 is 1.28 bits per heavy atom. The highest BCUT2D eigenvalue weighted by atomic mass is 35.5. The molecule has 0 aliphatic rings. The molecule has 96 valence electrons. The maximum Gasteiger partial charge on any atom is 0.148 e. The van der Waals surface area contributed by atoms with Crippen molar-refractivity contribution >= 4 is 17.4 Å². The molecule has 0 unspecified atom stereocenters. The topological polar surface area (TPSA) is 40.7 Å². The summed E-state index contributed by atoms with van der Waals surface area (Å²) < 4.78 is 13.1. The summed E-state index contributed by atoms with van der Waals surface area (Å²) in [6.07, 6.45) is 0. The molecular weight excluding hydrogens is 253 g/mol. The third kappa shape index (κ3) is 3.01. The molecule has 0 aliphatic carbocycles. The molecule has 0 amide bonds. The maximum atomic E-state index is 13.1. The number of halogens is 2. The molecule has 0 aliphatic heterocycles. The van der Waals surface area contributed by atoms with Crippen molar-refractivity contribution in [2.45, 2.75) is 26.3 Å². The molecule has 3 nitrogen and oxygen atoms in total. The van der Waals surface area contributed by atoms with Gasteiger partial charge in [0.05, 0.1) is 10.7 Å². The van der Waals surface area contributed by atoms with Gasteiger partial charge in [-0.05, 0) is 39.0 Å². The SMILES string of the molecule is CC(C)(C)Nc1cc(-c2ccc(F)c(Cl)c2)[nH]n1. The van der Waals surface area contributed by atoms with Crippen LogP contribution in [0.3, 0.4) is 0 Å². The number of anilines is 1. The number of H-pyrrole nitrogens is 1. The number of benzene rings is 1. The van der Waals surface area contributed by atoms with Crippen LogP contribution in [0, 0.1) is 5.82 Å². The van der Waals surface area contributed by atoms with Crippen molar-refractivity contribution in [1.82, 2.24) is 10.2 Å². The predicted octanol–water partition coefficient (Wildman–Crippen LogP) is 4.08. The average Bonchev–Trinajstić information content (AvgIpc) is 2.68. The third-order valence-electron chi connectivity index (χ3n) is 2.31. The van der Waals surface area contributed by atoms with Crippen molar-refractivity contribution in [3.8, 4) is 11.3 Å². The molecule has 0 saturated heterocycles. The second kappa shape index (κ2) is 4.61. The summed E-state index contributed by atoms with van der Waals surface area (Å²) in [7, 11) is 0. The Kier molecular flexibility index (Phi) is 3.30. The van der Waals surface area contributed by atoms with Gasteiger partial charge in [-0.25, -0.2) is 4.39 Å². The van der Waals surface area contributed by atoms with Gasteiger partial charge in [0.25, 0.3) is 0 Å². The molecular formula is C13H15ClFN3. The van der Waals surface area contributed by atoms with E-state index in [-0.39, 0.29) is 10.6 Å². The van der Waals surface area contributed by atoms with Crippen LogP contribution in [0.5, 0.6) is 0 Å². The molecule has 18 heavy (non-hydrogen) atoms. The number of aromatic nitrogens is 2. The second-order valence-corrected chi connectivity index (χ2v) is 5.58. The smallest absolute Gasteiger partial charge is 0.148 e. The highest BCUT2D eigenvalue weighted by Crippen LogP contribution is 2.25. The minimum absolute atomic E-state index is 0.0626. The summed E-state index contributed by atoms with van der Waals surface area (Å²) in [6, 6.07) is 6.45. The van der Waals surface area contributed by atoms with E-state index in [1.54, 1.807) is 12.1 Å². The number of hydrogen-bond donors (Lipinski definition) is 2. The normalized spacial score (nSPS) is 11.6. The van der Waals surface area contributed by atoms with E-state index in [0.717, 1.165) is 17.1 Å². The molecule has 0 atom stereocenters. The minimum atomic E-state index is -0.423. The lowest BCUT2D eigenvalue weighted by Gasteiger charge is -2.19. The Bertz CT molecular complexity index is 558. The van der Waals surface area contributed by atoms with Crippen molar-refractivity contribution in [2.24, 2.45) is 0 Å². The van der Waals surface area contributed by atoms with Crippen LogP contribution in [-0.4, -0.2) is 15.7 Å². The second-order valence-electron chi connectivity index (χ2n) is 5.17. The van der Waals surface area contributed by atoms with E-state index < -0.39 is 5.82 Å². The van der Waals surface area contributed by atoms with Crippen LogP contribution < -0.4 is 5.32 Å². The molecule has 0 fully saturated rings. The fraction of sp³-hybridized carbons (Fsp3) is 0.308. The number of nitrogens with one attached hydrogen (secondary N) is 2. The molecule has 0 radical (unpaired) electrons. The van der Waals surface area contributed by atoms with Crippen LogP contribution in [0.15, 0.2) is 24.3 Å². The van der Waals surface area contributed by atoms with Crippen LogP contribution in [-0.2, 0) is 0 Å². The molecule has 0 saturated carbocycles. The fourth-order valence-electron chi connectivity index (χ4n) is 1.58. The number of aromatic amines is 1. The van der Waals surface area contributed by atoms with Crippen molar-refractivity contribution in [1.29, 1.82) is 0 Å². The predicted molar refractivity (Wildman–Crippen MR) is 72.4 cm³/mol. The van der Waals surface area contributed by atoms with Crippen LogP contribution >= 0.6 is 11.6 Å². The maximum absolute atomic E-state index is 13.1. The molecule has 1 heterocycles. The van der Waals surface area contributed by atoms with Gasteiger partial charge in [-0.15, -0.1) is 0 Å². The molecule has 2 N–H and O–H groups in total. The van der Waals surface area contributed by atoms with Gasteiger partial charge in [0.1, 0.15) is 11.6 Å². The lowest BCUT2D eigenvalue weighted by Crippen LogP contribution is -2.26. The zero-order chi connectivity index (χ0) is 13.3. The van der Waals surface area contributed by atoms with Crippen molar-refractivity contribution < 1.29 is 4.39 Å². The average molecular weight is 268 g/mol. The molecule has 0 spiro atoms. The van der Waals surface area contributed by atoms with Gasteiger partial charge in [-0.3, -0.25) is 5.10 Å². The summed E-state index contributed by atoms with van der Waals surface area (Å²) in [6.45, 7) is 6.16. The molecule has 2 rings (SSSR count). The Labute approximate surface area is 110 Å². The number of nitrogens with zero attached hydrogens (tertiary/aromatic N) is 1. The number of hydrogen-bond acceptors (Lipinski definition) is 2. The first-order valence-electron chi connectivity index (χ1n) is 5.64. The van der Waals surface area contributed by atoms with Crippen molar-refractivity contribution in [2.75, 3.05) is 5.32 Å². The Morgan fingerprint density at radius 3 is 2.61 bits per heavy atom. The Balaban J connectivity index is 2.26. The van der Waals surface area contributed by atoms with E-state index in [1.165, 1.54) is 6.07 Å². The first kappa shape index (κ1) is 12.9. The van der Waals surface area contributed by atoms with Crippen molar-refractivity contribution in [3.05, 3.63) is 35.1 Å². The zero-order valence-electron chi connectivity index (χ0n) is 10.5. The lowest BCUT2D eigenvalue weighted by atomic mass is 10.1. The third-order valence-corrected chi connectivity index (χ3v) is 2.60. The highest BCUT2D eigenvalue weighted by molar-refractivity contribution is 6.31. The molecule has 2 aromatic rings. The van der Waals surface area contributed by atoms with Gasteiger partial charge in [0, 0.05) is 17.2 Å². The quantitative estimate of drug-likeness (QED) is 0.861. The van der Waals surface area contributed by atoms with E-state index >= 15 is 0 Å². The van der Waals surface area contributed by atoms with E-state index in [2.05, 4.69) is 36.3 Å². The Hall–Kier alpha value is -1.55. The van der Waals surface area contributed by atoms with Crippen LogP contribution in [0.1, 0.15) is 20.8 Å². The van der Waals surface area contributed by atoms with Gasteiger partial charge < -0.3 is 5.32 Å². The van der Waals surface area contributed by atoms with Crippen LogP contribution in [0.25, 0.3) is 11.3 Å². The van der Waals surface area contributed by atoms with Gasteiger partial charge in [-0.2, -0.15) is 5.10 Å². The van der Waals surface area contributed by atoms with Crippen LogP contribution in [0.2, 0.25) is 5.02 Å². The summed E-state index contributed by atoms with van der Waals surface area (Å²) in [5.41, 5.74) is 1.53. The lowest BCUT2D eigenvalue weighted by molar-refractivity contribution is 0.628. The van der Waals surface area contributed by atoms with E-state index in [0.29, 0.717) is 0 Å². The minimum Gasteiger partial charge on any atom is -0.364 e. The van der Waals surface area contributed by atoms with E-state index in [4.69, 9.17) is 11.6 Å². The van der Waals surface area contributed by atoms with E-state index in [9.17, 15) is 4.39 Å². The summed E-state index contributed by atoms with van der Waals surface area (Å²) in [5.74, 6) is 0.325. The van der Waals surface area contributed by atoms with Gasteiger partial charge in [-0.1, -0.05) is 11.6 Å². The first-order chi connectivity index (χ1) is 8.35. The Morgan fingerprint density at radius 2 is 2.00 bits per heavy atom. The molecule has 5 heteroatoms. The summed E-state index contributed by atoms with van der Waals surface area (Å²) in [5, 5.41) is 10.4. The molecule has 1 aromatic heterocycles. The molecule has 1 aromatic carbocycles. The van der Waals surface area contributed by atoms with Crippen LogP contribution in [0.4, 0.5) is 10.2 Å². The highest BCUT2D eigenvalue weighted by Gasteiger charge is 2.12. The first-order valence-corrected chi connectivity index (χ1v) is 6.02. The monoisotopic (exact) mass is 267 g/mol.